The summed E-state index contributed by atoms with van der Waals surface area (Å²) >= 11 is 5.88. The Hall–Kier alpha value is -2.69. The van der Waals surface area contributed by atoms with Gasteiger partial charge in [-0.15, -0.1) is 0 Å². The van der Waals surface area contributed by atoms with Crippen molar-refractivity contribution in [1.29, 1.82) is 0 Å². The molecule has 2 amide bonds. The van der Waals surface area contributed by atoms with Crippen molar-refractivity contribution in [2.75, 3.05) is 24.2 Å². The smallest absolute Gasteiger partial charge is 0.265 e. The third-order valence-corrected chi connectivity index (χ3v) is 6.73. The Morgan fingerprint density at radius 2 is 2.03 bits per heavy atom. The Morgan fingerprint density at radius 1 is 1.33 bits per heavy atom. The predicted octanol–water partition coefficient (Wildman–Crippen LogP) is 2.77. The highest BCUT2D eigenvalue weighted by molar-refractivity contribution is 7.89. The zero-order chi connectivity index (χ0) is 22.2. The Kier molecular flexibility index (Phi) is 6.02. The van der Waals surface area contributed by atoms with Gasteiger partial charge >= 0.3 is 0 Å². The van der Waals surface area contributed by atoms with Crippen molar-refractivity contribution in [3.05, 3.63) is 46.7 Å². The van der Waals surface area contributed by atoms with Crippen molar-refractivity contribution in [3.8, 4) is 5.75 Å². The molecule has 0 bridgehead atoms. The molecule has 0 spiro atoms. The Labute approximate surface area is 178 Å². The standard InChI is InChI=1S/C19H19ClFN3O5S/c1-10-6-15-16(29-11(2)19(26)23-15)8-17(10)30(27,28)24(3)9-18(25)22-14-5-4-12(21)7-13(14)20/h4-8,11H,9H2,1-3H3,(H,22,25)(H,23,26). The zero-order valence-electron chi connectivity index (χ0n) is 16.3. The van der Waals surface area contributed by atoms with Crippen LogP contribution in [0, 0.1) is 12.7 Å². The summed E-state index contributed by atoms with van der Waals surface area (Å²) in [5.41, 5.74) is 0.916. The molecule has 11 heteroatoms. The molecule has 0 saturated heterocycles. The first-order valence-electron chi connectivity index (χ1n) is 8.82. The minimum absolute atomic E-state index is 0.00675. The van der Waals surface area contributed by atoms with Gasteiger partial charge in [0.05, 0.1) is 27.8 Å². The van der Waals surface area contributed by atoms with Gasteiger partial charge < -0.3 is 15.4 Å². The van der Waals surface area contributed by atoms with Crippen LogP contribution >= 0.6 is 11.6 Å². The molecule has 1 unspecified atom stereocenters. The molecular formula is C19H19ClFN3O5S. The van der Waals surface area contributed by atoms with Crippen LogP contribution in [0.2, 0.25) is 5.02 Å². The van der Waals surface area contributed by atoms with E-state index in [0.29, 0.717) is 11.3 Å². The number of likely N-dealkylation sites (N-methyl/N-ethyl adjacent to an activating group) is 1. The van der Waals surface area contributed by atoms with Crippen LogP contribution in [0.15, 0.2) is 35.2 Å². The van der Waals surface area contributed by atoms with Gasteiger partial charge in [-0.1, -0.05) is 11.6 Å². The lowest BCUT2D eigenvalue weighted by molar-refractivity contribution is -0.122. The molecule has 3 rings (SSSR count). The van der Waals surface area contributed by atoms with E-state index < -0.39 is 34.4 Å². The average Bonchev–Trinajstić information content (AvgIpc) is 2.64. The molecule has 30 heavy (non-hydrogen) atoms. The molecule has 160 valence electrons. The van der Waals surface area contributed by atoms with Crippen molar-refractivity contribution < 1.29 is 27.1 Å². The second-order valence-corrected chi connectivity index (χ2v) is 9.22. The number of amides is 2. The molecule has 2 N–H and O–H groups in total. The van der Waals surface area contributed by atoms with E-state index in [-0.39, 0.29) is 27.3 Å². The minimum atomic E-state index is -4.05. The van der Waals surface area contributed by atoms with Crippen molar-refractivity contribution in [3.63, 3.8) is 0 Å². The van der Waals surface area contributed by atoms with Crippen LogP contribution in [0.5, 0.6) is 5.75 Å². The van der Waals surface area contributed by atoms with Gasteiger partial charge in [0.25, 0.3) is 5.91 Å². The Bertz CT molecular complexity index is 1140. The van der Waals surface area contributed by atoms with Crippen LogP contribution in [-0.4, -0.2) is 44.2 Å². The third kappa shape index (κ3) is 4.40. The molecule has 8 nitrogen and oxygen atoms in total. The van der Waals surface area contributed by atoms with Gasteiger partial charge in [-0.3, -0.25) is 9.59 Å². The Balaban J connectivity index is 1.80. The van der Waals surface area contributed by atoms with Crippen molar-refractivity contribution >= 4 is 44.8 Å². The number of nitrogens with one attached hydrogen (secondary N) is 2. The molecule has 1 aliphatic heterocycles. The van der Waals surface area contributed by atoms with Gasteiger partial charge in [0.1, 0.15) is 11.6 Å². The monoisotopic (exact) mass is 455 g/mol. The lowest BCUT2D eigenvalue weighted by Crippen LogP contribution is -2.36. The fourth-order valence-electron chi connectivity index (χ4n) is 2.86. The molecule has 1 aliphatic rings. The minimum Gasteiger partial charge on any atom is -0.479 e. The normalized spacial score (nSPS) is 15.9. The Morgan fingerprint density at radius 3 is 2.70 bits per heavy atom. The van der Waals surface area contributed by atoms with Gasteiger partial charge in [-0.05, 0) is 43.7 Å². The number of carbonyl (C=O) groups excluding carboxylic acids is 2. The number of anilines is 2. The summed E-state index contributed by atoms with van der Waals surface area (Å²) in [6, 6.07) is 6.26. The highest BCUT2D eigenvalue weighted by Crippen LogP contribution is 2.35. The molecule has 2 aromatic rings. The molecule has 0 fully saturated rings. The number of hydrogen-bond donors (Lipinski definition) is 2. The molecule has 0 radical (unpaired) electrons. The van der Waals surface area contributed by atoms with Crippen LogP contribution in [-0.2, 0) is 19.6 Å². The lowest BCUT2D eigenvalue weighted by Gasteiger charge is -2.25. The second-order valence-electron chi connectivity index (χ2n) is 6.80. The van der Waals surface area contributed by atoms with E-state index in [1.54, 1.807) is 13.8 Å². The topological polar surface area (TPSA) is 105 Å². The van der Waals surface area contributed by atoms with Crippen LogP contribution in [0.4, 0.5) is 15.8 Å². The van der Waals surface area contributed by atoms with Gasteiger partial charge in [-0.2, -0.15) is 4.31 Å². The lowest BCUT2D eigenvalue weighted by atomic mass is 10.1. The highest BCUT2D eigenvalue weighted by atomic mass is 35.5. The first kappa shape index (κ1) is 22.0. The maximum absolute atomic E-state index is 13.1. The van der Waals surface area contributed by atoms with E-state index >= 15 is 0 Å². The summed E-state index contributed by atoms with van der Waals surface area (Å²) in [5.74, 6) is -1.32. The summed E-state index contributed by atoms with van der Waals surface area (Å²) in [5, 5.41) is 5.10. The molecule has 1 heterocycles. The number of nitrogens with zero attached hydrogens (tertiary/aromatic N) is 1. The third-order valence-electron chi connectivity index (χ3n) is 4.47. The van der Waals surface area contributed by atoms with Crippen molar-refractivity contribution in [2.45, 2.75) is 24.8 Å². The summed E-state index contributed by atoms with van der Waals surface area (Å²) in [6.07, 6.45) is -0.764. The maximum Gasteiger partial charge on any atom is 0.265 e. The maximum atomic E-state index is 13.1. The molecule has 2 aromatic carbocycles. The number of halogens is 2. The molecule has 0 aliphatic carbocycles. The van der Waals surface area contributed by atoms with E-state index in [9.17, 15) is 22.4 Å². The first-order valence-corrected chi connectivity index (χ1v) is 10.6. The van der Waals surface area contributed by atoms with Gasteiger partial charge in [0.2, 0.25) is 15.9 Å². The van der Waals surface area contributed by atoms with Crippen LogP contribution in [0.1, 0.15) is 12.5 Å². The second kappa shape index (κ2) is 8.21. The summed E-state index contributed by atoms with van der Waals surface area (Å²) in [7, 11) is -2.80. The predicted molar refractivity (Wildman–Crippen MR) is 110 cm³/mol. The van der Waals surface area contributed by atoms with Gasteiger partial charge in [0, 0.05) is 13.1 Å². The molecular weight excluding hydrogens is 437 g/mol. The molecule has 0 saturated carbocycles. The number of sulfonamides is 1. The summed E-state index contributed by atoms with van der Waals surface area (Å²) in [6.45, 7) is 2.62. The number of carbonyl (C=O) groups is 2. The van der Waals surface area contributed by atoms with Crippen LogP contribution in [0.3, 0.4) is 0 Å². The average molecular weight is 456 g/mol. The summed E-state index contributed by atoms with van der Waals surface area (Å²) < 4.78 is 45.5. The largest absolute Gasteiger partial charge is 0.479 e. The number of hydrogen-bond acceptors (Lipinski definition) is 5. The van der Waals surface area contributed by atoms with E-state index in [4.69, 9.17) is 16.3 Å². The number of fused-ring (bicyclic) bond motifs is 1. The van der Waals surface area contributed by atoms with Gasteiger partial charge in [-0.25, -0.2) is 12.8 Å². The van der Waals surface area contributed by atoms with E-state index in [1.807, 2.05) is 0 Å². The SMILES string of the molecule is Cc1cc2c(cc1S(=O)(=O)N(C)CC(=O)Nc1ccc(F)cc1Cl)OC(C)C(=O)N2. The summed E-state index contributed by atoms with van der Waals surface area (Å²) in [4.78, 5) is 24.0. The van der Waals surface area contributed by atoms with Crippen molar-refractivity contribution in [2.24, 2.45) is 0 Å². The van der Waals surface area contributed by atoms with Crippen LogP contribution < -0.4 is 15.4 Å². The van der Waals surface area contributed by atoms with E-state index in [0.717, 1.165) is 16.4 Å². The van der Waals surface area contributed by atoms with E-state index in [2.05, 4.69) is 10.6 Å². The fraction of sp³-hybridized carbons (Fsp3) is 0.263. The molecule has 0 aromatic heterocycles. The number of rotatable bonds is 5. The fourth-order valence-corrected chi connectivity index (χ4v) is 4.42. The zero-order valence-corrected chi connectivity index (χ0v) is 17.9. The van der Waals surface area contributed by atoms with Gasteiger partial charge in [0.15, 0.2) is 6.10 Å². The highest BCUT2D eigenvalue weighted by Gasteiger charge is 2.30. The number of benzene rings is 2. The van der Waals surface area contributed by atoms with Crippen LogP contribution in [0.25, 0.3) is 0 Å². The number of ether oxygens (including phenoxy) is 1. The number of aryl methyl sites for hydroxylation is 1. The quantitative estimate of drug-likeness (QED) is 0.721. The molecule has 1 atom stereocenters. The van der Waals surface area contributed by atoms with E-state index in [1.165, 1.54) is 25.2 Å². The van der Waals surface area contributed by atoms with Crippen molar-refractivity contribution in [1.82, 2.24) is 4.31 Å². The first-order chi connectivity index (χ1) is 14.0.